The fraction of sp³-hybridized carbons (Fsp3) is 0.833. The molecule has 1 aliphatic carbocycles. The summed E-state index contributed by atoms with van der Waals surface area (Å²) in [5.41, 5.74) is 0. The molecule has 1 aliphatic rings. The molecule has 0 heterocycles. The number of carbonyl (C=O) groups excluding carboxylic acids is 2. The van der Waals surface area contributed by atoms with E-state index in [9.17, 15) is 9.59 Å². The maximum Gasteiger partial charge on any atom is 0.321 e. The van der Waals surface area contributed by atoms with Crippen LogP contribution in [-0.4, -0.2) is 35.4 Å². The van der Waals surface area contributed by atoms with Crippen molar-refractivity contribution in [2.24, 2.45) is 0 Å². The van der Waals surface area contributed by atoms with E-state index >= 15 is 0 Å². The lowest BCUT2D eigenvalue weighted by atomic mass is 9.88. The maximum absolute atomic E-state index is 11.5. The Balaban J connectivity index is 2.33. The number of halogens is 1. The van der Waals surface area contributed by atoms with Crippen LogP contribution < -0.4 is 10.6 Å². The Kier molecular flexibility index (Phi) is 6.86. The van der Waals surface area contributed by atoms with Gasteiger partial charge in [-0.3, -0.25) is 10.1 Å². The molecule has 6 heteroatoms. The van der Waals surface area contributed by atoms with E-state index in [1.165, 1.54) is 19.3 Å². The van der Waals surface area contributed by atoms with Gasteiger partial charge in [0.15, 0.2) is 0 Å². The summed E-state index contributed by atoms with van der Waals surface area (Å²) >= 11 is 7.24. The number of thioether (sulfide) groups is 1. The first kappa shape index (κ1) is 15.6. The predicted octanol–water partition coefficient (Wildman–Crippen LogP) is 2.51. The number of carbonyl (C=O) groups is 2. The van der Waals surface area contributed by atoms with Gasteiger partial charge in [-0.05, 0) is 19.1 Å². The highest BCUT2D eigenvalue weighted by Crippen LogP contribution is 2.37. The Morgan fingerprint density at radius 1 is 1.28 bits per heavy atom. The molecular formula is C12H21ClN2O2S. The molecule has 4 nitrogen and oxygen atoms in total. The number of rotatable bonds is 5. The average Bonchev–Trinajstić information content (AvgIpc) is 2.38. The molecule has 18 heavy (non-hydrogen) atoms. The molecule has 104 valence electrons. The Labute approximate surface area is 118 Å². The monoisotopic (exact) mass is 292 g/mol. The second-order valence-corrected chi connectivity index (χ2v) is 6.27. The minimum Gasteiger partial charge on any atom is -0.336 e. The Morgan fingerprint density at radius 2 is 1.94 bits per heavy atom. The smallest absolute Gasteiger partial charge is 0.321 e. The molecule has 0 aliphatic heterocycles. The van der Waals surface area contributed by atoms with Gasteiger partial charge >= 0.3 is 6.03 Å². The van der Waals surface area contributed by atoms with Crippen LogP contribution in [0.2, 0.25) is 0 Å². The van der Waals surface area contributed by atoms with Crippen molar-refractivity contribution < 1.29 is 9.59 Å². The van der Waals surface area contributed by atoms with Crippen molar-refractivity contribution in [1.82, 2.24) is 10.6 Å². The molecule has 0 bridgehead atoms. The molecule has 0 radical (unpaired) electrons. The van der Waals surface area contributed by atoms with Gasteiger partial charge in [-0.1, -0.05) is 19.3 Å². The summed E-state index contributed by atoms with van der Waals surface area (Å²) in [6.45, 7) is 0.619. The summed E-state index contributed by atoms with van der Waals surface area (Å²) in [5, 5.41) is 5.08. The molecule has 2 N–H and O–H groups in total. The van der Waals surface area contributed by atoms with E-state index in [0.29, 0.717) is 6.54 Å². The first-order valence-corrected chi connectivity index (χ1v) is 8.06. The van der Waals surface area contributed by atoms with Crippen LogP contribution in [0.4, 0.5) is 4.79 Å². The minimum absolute atomic E-state index is 0.144. The number of amides is 3. The van der Waals surface area contributed by atoms with E-state index in [1.54, 1.807) is 0 Å². The summed E-state index contributed by atoms with van der Waals surface area (Å²) < 4.78 is 0.144. The van der Waals surface area contributed by atoms with E-state index in [1.807, 2.05) is 11.8 Å². The topological polar surface area (TPSA) is 58.2 Å². The third kappa shape index (κ3) is 5.06. The largest absolute Gasteiger partial charge is 0.336 e. The van der Waals surface area contributed by atoms with Gasteiger partial charge in [-0.15, -0.1) is 11.6 Å². The summed E-state index contributed by atoms with van der Waals surface area (Å²) in [7, 11) is 0. The average molecular weight is 293 g/mol. The first-order valence-electron chi connectivity index (χ1n) is 6.31. The fourth-order valence-corrected chi connectivity index (χ4v) is 3.29. The van der Waals surface area contributed by atoms with Crippen LogP contribution >= 0.6 is 23.4 Å². The zero-order chi connectivity index (χ0) is 13.4. The lowest BCUT2D eigenvalue weighted by Crippen LogP contribution is -2.47. The lowest BCUT2D eigenvalue weighted by molar-refractivity contribution is -0.119. The molecule has 0 saturated heterocycles. The quantitative estimate of drug-likeness (QED) is 0.766. The number of hydrogen-bond acceptors (Lipinski definition) is 3. The Hall–Kier alpha value is -0.420. The normalized spacial score (nSPS) is 18.1. The van der Waals surface area contributed by atoms with Crippen molar-refractivity contribution in [3.63, 3.8) is 0 Å². The van der Waals surface area contributed by atoms with Gasteiger partial charge in [0.05, 0.1) is 0 Å². The van der Waals surface area contributed by atoms with Gasteiger partial charge in [-0.2, -0.15) is 11.8 Å². The van der Waals surface area contributed by atoms with E-state index in [4.69, 9.17) is 11.6 Å². The molecule has 0 atom stereocenters. The van der Waals surface area contributed by atoms with Crippen molar-refractivity contribution in [2.45, 2.75) is 43.3 Å². The highest BCUT2D eigenvalue weighted by atomic mass is 35.5. The number of imide groups is 1. The van der Waals surface area contributed by atoms with Crippen LogP contribution in [0.5, 0.6) is 0 Å². The molecule has 0 aromatic carbocycles. The van der Waals surface area contributed by atoms with E-state index in [0.717, 1.165) is 12.8 Å². The Morgan fingerprint density at radius 3 is 2.50 bits per heavy atom. The van der Waals surface area contributed by atoms with Crippen LogP contribution in [0.3, 0.4) is 0 Å². The van der Waals surface area contributed by atoms with E-state index < -0.39 is 6.03 Å². The second-order valence-electron chi connectivity index (χ2n) is 4.62. The number of hydrogen-bond donors (Lipinski definition) is 2. The third-order valence-corrected chi connectivity index (χ3v) is 4.95. The fourth-order valence-electron chi connectivity index (χ4n) is 2.21. The highest BCUT2D eigenvalue weighted by molar-refractivity contribution is 8.00. The summed E-state index contributed by atoms with van der Waals surface area (Å²) in [6, 6.07) is -0.413. The van der Waals surface area contributed by atoms with Gasteiger partial charge in [0, 0.05) is 23.6 Å². The van der Waals surface area contributed by atoms with Gasteiger partial charge in [0.25, 0.3) is 0 Å². The van der Waals surface area contributed by atoms with Crippen molar-refractivity contribution in [3.8, 4) is 0 Å². The van der Waals surface area contributed by atoms with E-state index in [2.05, 4.69) is 16.9 Å². The Bertz CT molecular complexity index is 294. The SMILES string of the molecule is CSC1(CNC(=O)NC(=O)CCCl)CCCCC1. The van der Waals surface area contributed by atoms with Crippen LogP contribution in [-0.2, 0) is 4.79 Å². The zero-order valence-corrected chi connectivity index (χ0v) is 12.3. The second kappa shape index (κ2) is 7.89. The molecule has 0 aromatic heterocycles. The van der Waals surface area contributed by atoms with Gasteiger partial charge in [0.2, 0.25) is 5.91 Å². The van der Waals surface area contributed by atoms with Gasteiger partial charge < -0.3 is 5.32 Å². The summed E-state index contributed by atoms with van der Waals surface area (Å²) in [5.74, 6) is -0.0993. The molecule has 0 spiro atoms. The molecule has 0 unspecified atom stereocenters. The molecule has 1 saturated carbocycles. The third-order valence-electron chi connectivity index (χ3n) is 3.34. The van der Waals surface area contributed by atoms with Gasteiger partial charge in [0.1, 0.15) is 0 Å². The standard InChI is InChI=1S/C12H21ClN2O2S/c1-18-12(6-3-2-4-7-12)9-14-11(17)15-10(16)5-8-13/h2-9H2,1H3,(H2,14,15,16,17). The van der Waals surface area contributed by atoms with Crippen LogP contribution in [0, 0.1) is 0 Å². The van der Waals surface area contributed by atoms with Crippen molar-refractivity contribution >= 4 is 35.3 Å². The maximum atomic E-state index is 11.5. The van der Waals surface area contributed by atoms with Crippen molar-refractivity contribution in [2.75, 3.05) is 18.7 Å². The molecule has 0 aromatic rings. The van der Waals surface area contributed by atoms with E-state index in [-0.39, 0.29) is 23.0 Å². The lowest BCUT2D eigenvalue weighted by Gasteiger charge is -2.35. The summed E-state index contributed by atoms with van der Waals surface area (Å²) in [4.78, 5) is 22.7. The highest BCUT2D eigenvalue weighted by Gasteiger charge is 2.31. The number of urea groups is 1. The van der Waals surface area contributed by atoms with Crippen LogP contribution in [0.25, 0.3) is 0 Å². The zero-order valence-electron chi connectivity index (χ0n) is 10.8. The molecule has 1 fully saturated rings. The molecule has 1 rings (SSSR count). The molecular weight excluding hydrogens is 272 g/mol. The van der Waals surface area contributed by atoms with Crippen molar-refractivity contribution in [3.05, 3.63) is 0 Å². The predicted molar refractivity (Wildman–Crippen MR) is 76.2 cm³/mol. The molecule has 3 amide bonds. The first-order chi connectivity index (χ1) is 8.62. The van der Waals surface area contributed by atoms with Gasteiger partial charge in [-0.25, -0.2) is 4.79 Å². The summed E-state index contributed by atoms with van der Waals surface area (Å²) in [6.07, 6.45) is 8.23. The van der Waals surface area contributed by atoms with Crippen LogP contribution in [0.15, 0.2) is 0 Å². The van der Waals surface area contributed by atoms with Crippen LogP contribution in [0.1, 0.15) is 38.5 Å². The number of nitrogens with one attached hydrogen (secondary N) is 2. The van der Waals surface area contributed by atoms with Crippen molar-refractivity contribution in [1.29, 1.82) is 0 Å². The minimum atomic E-state index is -0.413. The number of alkyl halides is 1.